The maximum absolute atomic E-state index is 2.44. The van der Waals surface area contributed by atoms with Crippen LogP contribution in [0.15, 0.2) is 0 Å². The van der Waals surface area contributed by atoms with Gasteiger partial charge in [0.1, 0.15) is 0 Å². The summed E-state index contributed by atoms with van der Waals surface area (Å²) >= 11 is 0. The summed E-state index contributed by atoms with van der Waals surface area (Å²) in [6.07, 6.45) is 12.5. The van der Waals surface area contributed by atoms with Crippen LogP contribution >= 0.6 is 0 Å². The highest BCUT2D eigenvalue weighted by Crippen LogP contribution is 2.63. The average molecular weight is 220 g/mol. The molecule has 0 heteroatoms. The van der Waals surface area contributed by atoms with E-state index in [1.807, 2.05) is 0 Å². The highest BCUT2D eigenvalue weighted by atomic mass is 14.6. The summed E-state index contributed by atoms with van der Waals surface area (Å²) in [5.41, 5.74) is 1.39. The topological polar surface area (TPSA) is 0 Å². The molecule has 2 atom stereocenters. The van der Waals surface area contributed by atoms with Crippen LogP contribution in [0.4, 0.5) is 0 Å². The fraction of sp³-hybridized carbons (Fsp3) is 1.00. The van der Waals surface area contributed by atoms with Crippen LogP contribution in [0.1, 0.15) is 72.1 Å². The number of fused-ring (bicyclic) bond motifs is 3. The zero-order valence-electron chi connectivity index (χ0n) is 11.4. The molecule has 3 aliphatic carbocycles. The largest absolute Gasteiger partial charge is 0.0599 e. The molecule has 16 heavy (non-hydrogen) atoms. The maximum atomic E-state index is 2.44. The summed E-state index contributed by atoms with van der Waals surface area (Å²) in [7, 11) is 0. The van der Waals surface area contributed by atoms with E-state index in [-0.39, 0.29) is 0 Å². The molecule has 0 aromatic heterocycles. The molecule has 0 nitrogen and oxygen atoms in total. The van der Waals surface area contributed by atoms with E-state index in [0.717, 1.165) is 23.2 Å². The summed E-state index contributed by atoms with van der Waals surface area (Å²) in [6, 6.07) is 0. The summed E-state index contributed by atoms with van der Waals surface area (Å²) in [5.74, 6) is 3.27. The maximum Gasteiger partial charge on any atom is -0.0266 e. The Kier molecular flexibility index (Phi) is 2.43. The first-order valence-corrected chi connectivity index (χ1v) is 7.50. The molecule has 2 bridgehead atoms. The Morgan fingerprint density at radius 2 is 1.62 bits per heavy atom. The smallest absolute Gasteiger partial charge is 0.0266 e. The van der Waals surface area contributed by atoms with Gasteiger partial charge >= 0.3 is 0 Å². The second-order valence-electron chi connectivity index (χ2n) is 8.08. The minimum atomic E-state index is 0.555. The van der Waals surface area contributed by atoms with Gasteiger partial charge in [0, 0.05) is 0 Å². The molecule has 3 saturated carbocycles. The van der Waals surface area contributed by atoms with Gasteiger partial charge in [0.2, 0.25) is 0 Å². The first-order chi connectivity index (χ1) is 7.50. The van der Waals surface area contributed by atoms with Gasteiger partial charge in [-0.2, -0.15) is 0 Å². The van der Waals surface area contributed by atoms with Crippen molar-refractivity contribution in [3.63, 3.8) is 0 Å². The molecule has 3 rings (SSSR count). The summed E-state index contributed by atoms with van der Waals surface area (Å²) in [5, 5.41) is 0. The molecule has 0 N–H and O–H groups in total. The fourth-order valence-electron chi connectivity index (χ4n) is 5.23. The molecular weight excluding hydrogens is 192 g/mol. The van der Waals surface area contributed by atoms with Crippen molar-refractivity contribution in [2.45, 2.75) is 72.1 Å². The quantitative estimate of drug-likeness (QED) is 0.537. The molecule has 0 radical (unpaired) electrons. The van der Waals surface area contributed by atoms with Crippen molar-refractivity contribution in [2.75, 3.05) is 0 Å². The van der Waals surface area contributed by atoms with Gasteiger partial charge in [0.25, 0.3) is 0 Å². The van der Waals surface area contributed by atoms with E-state index in [0.29, 0.717) is 5.41 Å². The van der Waals surface area contributed by atoms with Crippen molar-refractivity contribution in [1.29, 1.82) is 0 Å². The zero-order chi connectivity index (χ0) is 11.4. The lowest BCUT2D eigenvalue weighted by Crippen LogP contribution is -2.36. The lowest BCUT2D eigenvalue weighted by Gasteiger charge is -2.46. The van der Waals surface area contributed by atoms with Gasteiger partial charge in [-0.05, 0) is 73.5 Å². The Bertz CT molecular complexity index is 262. The first-order valence-electron chi connectivity index (χ1n) is 7.50. The molecule has 0 heterocycles. The molecule has 0 aromatic rings. The summed E-state index contributed by atoms with van der Waals surface area (Å²) in [6.45, 7) is 7.32. The minimum absolute atomic E-state index is 0.555. The van der Waals surface area contributed by atoms with E-state index >= 15 is 0 Å². The molecule has 0 amide bonds. The second-order valence-corrected chi connectivity index (χ2v) is 8.08. The lowest BCUT2D eigenvalue weighted by atomic mass is 9.59. The SMILES string of the molecule is CC(C)(C)C1CCC2(CC1)CC1CCC2C1. The monoisotopic (exact) mass is 220 g/mol. The van der Waals surface area contributed by atoms with Crippen LogP contribution in [0, 0.1) is 28.6 Å². The third-order valence-electron chi connectivity index (χ3n) is 6.31. The van der Waals surface area contributed by atoms with Gasteiger partial charge in [0.15, 0.2) is 0 Å². The van der Waals surface area contributed by atoms with E-state index in [2.05, 4.69) is 20.8 Å². The zero-order valence-corrected chi connectivity index (χ0v) is 11.4. The Morgan fingerprint density at radius 3 is 2.06 bits per heavy atom. The van der Waals surface area contributed by atoms with Crippen LogP contribution in [0.2, 0.25) is 0 Å². The average Bonchev–Trinajstić information content (AvgIpc) is 2.77. The van der Waals surface area contributed by atoms with Crippen LogP contribution in [0.25, 0.3) is 0 Å². The Balaban J connectivity index is 1.67. The normalized spacial score (nSPS) is 47.8. The molecule has 92 valence electrons. The van der Waals surface area contributed by atoms with E-state index in [1.54, 1.807) is 38.5 Å². The summed E-state index contributed by atoms with van der Waals surface area (Å²) in [4.78, 5) is 0. The molecule has 3 aliphatic rings. The van der Waals surface area contributed by atoms with E-state index in [1.165, 1.54) is 12.8 Å². The Labute approximate surface area is 101 Å². The third-order valence-corrected chi connectivity index (χ3v) is 6.31. The van der Waals surface area contributed by atoms with Crippen LogP contribution in [-0.4, -0.2) is 0 Å². The predicted molar refractivity (Wildman–Crippen MR) is 69.3 cm³/mol. The molecule has 3 fully saturated rings. The Hall–Kier alpha value is 0. The summed E-state index contributed by atoms with van der Waals surface area (Å²) < 4.78 is 0. The first kappa shape index (κ1) is 11.1. The van der Waals surface area contributed by atoms with Crippen molar-refractivity contribution < 1.29 is 0 Å². The Morgan fingerprint density at radius 1 is 0.938 bits per heavy atom. The lowest BCUT2D eigenvalue weighted by molar-refractivity contribution is 0.0434. The number of hydrogen-bond donors (Lipinski definition) is 0. The van der Waals surface area contributed by atoms with Crippen LogP contribution in [-0.2, 0) is 0 Å². The molecule has 0 aromatic carbocycles. The van der Waals surface area contributed by atoms with Crippen LogP contribution in [0.3, 0.4) is 0 Å². The van der Waals surface area contributed by atoms with Crippen molar-refractivity contribution in [1.82, 2.24) is 0 Å². The van der Waals surface area contributed by atoms with Crippen molar-refractivity contribution in [3.05, 3.63) is 0 Å². The number of hydrogen-bond acceptors (Lipinski definition) is 0. The molecule has 0 aliphatic heterocycles. The standard InChI is InChI=1S/C16H28/c1-15(2,3)13-6-8-16(9-7-13)11-12-4-5-14(16)10-12/h12-14H,4-11H2,1-3H3. The van der Waals surface area contributed by atoms with Crippen molar-refractivity contribution in [2.24, 2.45) is 28.6 Å². The molecule has 2 unspecified atom stereocenters. The van der Waals surface area contributed by atoms with Gasteiger partial charge in [-0.15, -0.1) is 0 Å². The predicted octanol–water partition coefficient (Wildman–Crippen LogP) is 5.03. The highest BCUT2D eigenvalue weighted by molar-refractivity contribution is 5.02. The van der Waals surface area contributed by atoms with Gasteiger partial charge in [-0.25, -0.2) is 0 Å². The second kappa shape index (κ2) is 3.50. The van der Waals surface area contributed by atoms with Crippen molar-refractivity contribution in [3.8, 4) is 0 Å². The molecule has 0 saturated heterocycles. The van der Waals surface area contributed by atoms with Crippen LogP contribution in [0.5, 0.6) is 0 Å². The van der Waals surface area contributed by atoms with Crippen LogP contribution < -0.4 is 0 Å². The van der Waals surface area contributed by atoms with E-state index in [4.69, 9.17) is 0 Å². The van der Waals surface area contributed by atoms with E-state index in [9.17, 15) is 0 Å². The van der Waals surface area contributed by atoms with Gasteiger partial charge in [-0.1, -0.05) is 27.2 Å². The minimum Gasteiger partial charge on any atom is -0.0599 e. The molecular formula is C16H28. The van der Waals surface area contributed by atoms with Gasteiger partial charge in [0.05, 0.1) is 0 Å². The third kappa shape index (κ3) is 1.64. The van der Waals surface area contributed by atoms with E-state index < -0.39 is 0 Å². The van der Waals surface area contributed by atoms with Gasteiger partial charge < -0.3 is 0 Å². The highest BCUT2D eigenvalue weighted by Gasteiger charge is 2.52. The molecule has 1 spiro atoms. The fourth-order valence-corrected chi connectivity index (χ4v) is 5.23. The van der Waals surface area contributed by atoms with Crippen molar-refractivity contribution >= 4 is 0 Å². The van der Waals surface area contributed by atoms with Gasteiger partial charge in [-0.3, -0.25) is 0 Å². The number of rotatable bonds is 0.